The third kappa shape index (κ3) is 2.71. The van der Waals surface area contributed by atoms with Gasteiger partial charge in [-0.2, -0.15) is 5.10 Å². The van der Waals surface area contributed by atoms with Crippen LogP contribution in [-0.2, 0) is 6.54 Å². The van der Waals surface area contributed by atoms with Crippen molar-refractivity contribution in [3.63, 3.8) is 0 Å². The van der Waals surface area contributed by atoms with Crippen LogP contribution in [0.1, 0.15) is 17.3 Å². The average molecular weight is 299 g/mol. The number of carboxylic acids is 1. The number of aromatic nitrogens is 3. The first-order valence-corrected chi connectivity index (χ1v) is 7.37. The predicted octanol–water partition coefficient (Wildman–Crippen LogP) is 3.39. The van der Waals surface area contributed by atoms with Crippen LogP contribution in [0.5, 0.6) is 0 Å². The van der Waals surface area contributed by atoms with Gasteiger partial charge in [-0.05, 0) is 19.1 Å². The molecule has 3 rings (SSSR count). The van der Waals surface area contributed by atoms with Gasteiger partial charge < -0.3 is 5.11 Å². The SMILES string of the molecule is CCn1cc(-c2csc(-c3cccc(C(=O)O)c3)n2)cn1. The molecule has 0 atom stereocenters. The Balaban J connectivity index is 1.94. The fourth-order valence-electron chi connectivity index (χ4n) is 1.99. The number of hydrogen-bond donors (Lipinski definition) is 1. The Labute approximate surface area is 125 Å². The first-order valence-electron chi connectivity index (χ1n) is 6.49. The predicted molar refractivity (Wildman–Crippen MR) is 81.4 cm³/mol. The minimum Gasteiger partial charge on any atom is -0.478 e. The molecule has 0 aliphatic heterocycles. The summed E-state index contributed by atoms with van der Waals surface area (Å²) in [6.45, 7) is 2.85. The van der Waals surface area contributed by atoms with Crippen LogP contribution in [0.4, 0.5) is 0 Å². The van der Waals surface area contributed by atoms with E-state index in [4.69, 9.17) is 5.11 Å². The first-order chi connectivity index (χ1) is 10.2. The molecule has 0 saturated carbocycles. The van der Waals surface area contributed by atoms with Crippen LogP contribution in [0.3, 0.4) is 0 Å². The monoisotopic (exact) mass is 299 g/mol. The van der Waals surface area contributed by atoms with Gasteiger partial charge in [-0.3, -0.25) is 4.68 Å². The number of carboxylic acid groups (broad SMARTS) is 1. The van der Waals surface area contributed by atoms with Crippen molar-refractivity contribution in [3.05, 3.63) is 47.6 Å². The van der Waals surface area contributed by atoms with Crippen molar-refractivity contribution >= 4 is 17.3 Å². The number of aryl methyl sites for hydroxylation is 1. The van der Waals surface area contributed by atoms with E-state index in [-0.39, 0.29) is 5.56 Å². The van der Waals surface area contributed by atoms with Crippen LogP contribution < -0.4 is 0 Å². The molecule has 0 bridgehead atoms. The minimum atomic E-state index is -0.933. The Bertz CT molecular complexity index is 792. The van der Waals surface area contributed by atoms with Gasteiger partial charge in [0.1, 0.15) is 5.01 Å². The number of benzene rings is 1. The summed E-state index contributed by atoms with van der Waals surface area (Å²) in [6.07, 6.45) is 3.74. The van der Waals surface area contributed by atoms with Crippen molar-refractivity contribution in [2.75, 3.05) is 0 Å². The highest BCUT2D eigenvalue weighted by Crippen LogP contribution is 2.29. The average Bonchev–Trinajstić information content (AvgIpc) is 3.16. The maximum Gasteiger partial charge on any atom is 0.335 e. The van der Waals surface area contributed by atoms with Crippen molar-refractivity contribution < 1.29 is 9.90 Å². The van der Waals surface area contributed by atoms with Crippen LogP contribution >= 0.6 is 11.3 Å². The van der Waals surface area contributed by atoms with Crippen molar-refractivity contribution in [3.8, 4) is 21.8 Å². The zero-order chi connectivity index (χ0) is 14.8. The number of carbonyl (C=O) groups is 1. The Morgan fingerprint density at radius 3 is 2.95 bits per heavy atom. The minimum absolute atomic E-state index is 0.267. The maximum atomic E-state index is 11.0. The fourth-order valence-corrected chi connectivity index (χ4v) is 2.82. The highest BCUT2D eigenvalue weighted by atomic mass is 32.1. The van der Waals surface area contributed by atoms with Gasteiger partial charge in [0.25, 0.3) is 0 Å². The van der Waals surface area contributed by atoms with E-state index in [0.29, 0.717) is 0 Å². The van der Waals surface area contributed by atoms with E-state index < -0.39 is 5.97 Å². The largest absolute Gasteiger partial charge is 0.478 e. The zero-order valence-electron chi connectivity index (χ0n) is 11.4. The summed E-state index contributed by atoms with van der Waals surface area (Å²) in [6, 6.07) is 6.81. The van der Waals surface area contributed by atoms with E-state index in [1.165, 1.54) is 11.3 Å². The molecule has 1 N–H and O–H groups in total. The topological polar surface area (TPSA) is 68.0 Å². The van der Waals surface area contributed by atoms with Crippen molar-refractivity contribution in [2.45, 2.75) is 13.5 Å². The van der Waals surface area contributed by atoms with Gasteiger partial charge in [0, 0.05) is 29.2 Å². The zero-order valence-corrected chi connectivity index (χ0v) is 12.2. The molecule has 3 aromatic rings. The summed E-state index contributed by atoms with van der Waals surface area (Å²) in [4.78, 5) is 15.6. The third-order valence-electron chi connectivity index (χ3n) is 3.11. The van der Waals surface area contributed by atoms with E-state index >= 15 is 0 Å². The molecule has 0 radical (unpaired) electrons. The van der Waals surface area contributed by atoms with Crippen molar-refractivity contribution in [1.82, 2.24) is 14.8 Å². The summed E-state index contributed by atoms with van der Waals surface area (Å²) in [5, 5.41) is 16.0. The van der Waals surface area contributed by atoms with Gasteiger partial charge in [-0.15, -0.1) is 11.3 Å². The van der Waals surface area contributed by atoms with Crippen LogP contribution in [0.2, 0.25) is 0 Å². The molecule has 0 fully saturated rings. The fraction of sp³-hybridized carbons (Fsp3) is 0.133. The quantitative estimate of drug-likeness (QED) is 0.801. The Morgan fingerprint density at radius 2 is 2.24 bits per heavy atom. The van der Waals surface area contributed by atoms with E-state index in [1.807, 2.05) is 29.2 Å². The van der Waals surface area contributed by atoms with Gasteiger partial charge in [0.05, 0.1) is 17.5 Å². The smallest absolute Gasteiger partial charge is 0.335 e. The molecule has 0 aliphatic rings. The molecule has 0 amide bonds. The molecular formula is C15H13N3O2S. The van der Waals surface area contributed by atoms with Gasteiger partial charge in [0.15, 0.2) is 0 Å². The number of nitrogens with zero attached hydrogens (tertiary/aromatic N) is 3. The maximum absolute atomic E-state index is 11.0. The second-order valence-electron chi connectivity index (χ2n) is 4.51. The van der Waals surface area contributed by atoms with Crippen LogP contribution in [0, 0.1) is 0 Å². The highest BCUT2D eigenvalue weighted by Gasteiger charge is 2.10. The van der Waals surface area contributed by atoms with E-state index in [2.05, 4.69) is 10.1 Å². The summed E-state index contributed by atoms with van der Waals surface area (Å²) in [7, 11) is 0. The van der Waals surface area contributed by atoms with Gasteiger partial charge in [-0.1, -0.05) is 12.1 Å². The van der Waals surface area contributed by atoms with E-state index in [0.717, 1.165) is 28.4 Å². The van der Waals surface area contributed by atoms with E-state index in [1.54, 1.807) is 24.4 Å². The molecule has 0 aliphatic carbocycles. The number of thiazole rings is 1. The molecule has 106 valence electrons. The summed E-state index contributed by atoms with van der Waals surface area (Å²) < 4.78 is 1.85. The number of rotatable bonds is 4. The number of hydrogen-bond acceptors (Lipinski definition) is 4. The summed E-state index contributed by atoms with van der Waals surface area (Å²) in [5.74, 6) is -0.933. The molecule has 6 heteroatoms. The van der Waals surface area contributed by atoms with Gasteiger partial charge >= 0.3 is 5.97 Å². The molecule has 0 saturated heterocycles. The van der Waals surface area contributed by atoms with Crippen LogP contribution in [0.25, 0.3) is 21.8 Å². The second-order valence-corrected chi connectivity index (χ2v) is 5.37. The summed E-state index contributed by atoms with van der Waals surface area (Å²) >= 11 is 1.49. The van der Waals surface area contributed by atoms with Crippen molar-refractivity contribution in [1.29, 1.82) is 0 Å². The molecule has 21 heavy (non-hydrogen) atoms. The highest BCUT2D eigenvalue weighted by molar-refractivity contribution is 7.13. The molecule has 2 aromatic heterocycles. The Hall–Kier alpha value is -2.47. The third-order valence-corrected chi connectivity index (χ3v) is 4.01. The lowest BCUT2D eigenvalue weighted by Gasteiger charge is -1.98. The molecule has 5 nitrogen and oxygen atoms in total. The summed E-state index contributed by atoms with van der Waals surface area (Å²) in [5.41, 5.74) is 2.90. The van der Waals surface area contributed by atoms with Crippen LogP contribution in [0.15, 0.2) is 42.0 Å². The normalized spacial score (nSPS) is 10.7. The van der Waals surface area contributed by atoms with E-state index in [9.17, 15) is 4.79 Å². The van der Waals surface area contributed by atoms with Gasteiger partial charge in [0.2, 0.25) is 0 Å². The molecule has 0 unspecified atom stereocenters. The lowest BCUT2D eigenvalue weighted by atomic mass is 10.1. The first kappa shape index (κ1) is 13.5. The standard InChI is InChI=1S/C15H13N3O2S/c1-2-18-8-12(7-16-18)13-9-21-14(17-13)10-4-3-5-11(6-10)15(19)20/h3-9H,2H2,1H3,(H,19,20). The Kier molecular flexibility index (Phi) is 3.53. The molecular weight excluding hydrogens is 286 g/mol. The lowest BCUT2D eigenvalue weighted by molar-refractivity contribution is 0.0697. The van der Waals surface area contributed by atoms with Crippen molar-refractivity contribution in [2.24, 2.45) is 0 Å². The van der Waals surface area contributed by atoms with Crippen LogP contribution in [-0.4, -0.2) is 25.8 Å². The number of aromatic carboxylic acids is 1. The Morgan fingerprint density at radius 1 is 1.38 bits per heavy atom. The van der Waals surface area contributed by atoms with Gasteiger partial charge in [-0.25, -0.2) is 9.78 Å². The lowest BCUT2D eigenvalue weighted by Crippen LogP contribution is -1.95. The molecule has 0 spiro atoms. The molecule has 2 heterocycles. The second kappa shape index (κ2) is 5.49. The molecule has 1 aromatic carbocycles.